The molecule has 0 saturated heterocycles. The molecule has 8 heteroatoms. The van der Waals surface area contributed by atoms with Gasteiger partial charge >= 0.3 is 0 Å². The second kappa shape index (κ2) is 9.05. The van der Waals surface area contributed by atoms with Crippen LogP contribution in [0.3, 0.4) is 0 Å². The zero-order chi connectivity index (χ0) is 22.6. The van der Waals surface area contributed by atoms with Crippen molar-refractivity contribution in [1.29, 1.82) is 0 Å². The third-order valence-electron chi connectivity index (χ3n) is 5.23. The number of rotatable bonds is 6. The molecule has 0 unspecified atom stereocenters. The maximum Gasteiger partial charge on any atom is 0.269 e. The molecule has 162 valence electrons. The van der Waals surface area contributed by atoms with Gasteiger partial charge in [-0.1, -0.05) is 48.5 Å². The normalized spacial score (nSPS) is 12.1. The summed E-state index contributed by atoms with van der Waals surface area (Å²) in [5, 5.41) is 18.9. The van der Waals surface area contributed by atoms with E-state index < -0.39 is 4.92 Å². The average molecular weight is 454 g/mol. The molecule has 0 aliphatic rings. The molecule has 0 amide bonds. The lowest BCUT2D eigenvalue weighted by molar-refractivity contribution is -0.384. The van der Waals surface area contributed by atoms with Gasteiger partial charge in [0.1, 0.15) is 0 Å². The Balaban J connectivity index is 1.57. The number of hydrogen-bond acceptors (Lipinski definition) is 5. The van der Waals surface area contributed by atoms with E-state index in [2.05, 4.69) is 4.98 Å². The molecule has 0 saturated carbocycles. The lowest BCUT2D eigenvalue weighted by Crippen LogP contribution is -2.12. The van der Waals surface area contributed by atoms with Crippen molar-refractivity contribution in [1.82, 2.24) is 9.66 Å². The lowest BCUT2D eigenvalue weighted by Gasteiger charge is -2.04. The van der Waals surface area contributed by atoms with E-state index in [0.717, 1.165) is 38.1 Å². The number of benzene rings is 3. The summed E-state index contributed by atoms with van der Waals surface area (Å²) >= 11 is 1.48. The number of aromatic nitrogens is 2. The van der Waals surface area contributed by atoms with Crippen molar-refractivity contribution in [2.24, 2.45) is 10.1 Å². The van der Waals surface area contributed by atoms with Gasteiger partial charge in [-0.15, -0.1) is 11.3 Å². The van der Waals surface area contributed by atoms with Crippen LogP contribution in [0.5, 0.6) is 0 Å². The van der Waals surface area contributed by atoms with Gasteiger partial charge in [0.15, 0.2) is 0 Å². The summed E-state index contributed by atoms with van der Waals surface area (Å²) in [6.07, 6.45) is 3.73. The van der Waals surface area contributed by atoms with Crippen molar-refractivity contribution in [2.45, 2.75) is 6.54 Å². The Morgan fingerprint density at radius 2 is 1.76 bits per heavy atom. The molecule has 0 fully saturated rings. The predicted octanol–water partition coefficient (Wildman–Crippen LogP) is 5.59. The van der Waals surface area contributed by atoms with Crippen LogP contribution in [-0.2, 0) is 6.54 Å². The summed E-state index contributed by atoms with van der Waals surface area (Å²) in [6, 6.07) is 24.6. The number of para-hydroxylation sites is 1. The van der Waals surface area contributed by atoms with Gasteiger partial charge in [-0.05, 0) is 23.8 Å². The molecule has 5 rings (SSSR count). The summed E-state index contributed by atoms with van der Waals surface area (Å²) in [5.74, 6) is 0. The molecule has 0 aliphatic carbocycles. The van der Waals surface area contributed by atoms with Crippen molar-refractivity contribution in [3.63, 3.8) is 0 Å². The summed E-state index contributed by atoms with van der Waals surface area (Å²) < 4.78 is 1.79. The minimum absolute atomic E-state index is 0.0526. The smallest absolute Gasteiger partial charge is 0.269 e. The highest BCUT2D eigenvalue weighted by molar-refractivity contribution is 7.07. The van der Waals surface area contributed by atoms with E-state index in [9.17, 15) is 10.1 Å². The Morgan fingerprint density at radius 1 is 1.00 bits per heavy atom. The standard InChI is InChI=1S/C25H19N5O2S/c31-30(32)21-12-10-19(11-13-21)24-17-33-25(27-14-18-6-2-1-3-7-18)29(24)28-16-20-15-26-23-9-5-4-8-22(20)23/h1-13,15-17,26H,14H2. The maximum atomic E-state index is 11.0. The van der Waals surface area contributed by atoms with Gasteiger partial charge in [0.25, 0.3) is 5.69 Å². The average Bonchev–Trinajstić information content (AvgIpc) is 3.46. The summed E-state index contributed by atoms with van der Waals surface area (Å²) in [6.45, 7) is 0.531. The van der Waals surface area contributed by atoms with Crippen molar-refractivity contribution in [2.75, 3.05) is 0 Å². The third kappa shape index (κ3) is 4.37. The minimum Gasteiger partial charge on any atom is -0.361 e. The number of non-ortho nitro benzene ring substituents is 1. The number of nitro groups is 1. The molecular weight excluding hydrogens is 434 g/mol. The Labute approximate surface area is 193 Å². The first-order valence-electron chi connectivity index (χ1n) is 10.3. The highest BCUT2D eigenvalue weighted by atomic mass is 32.1. The zero-order valence-electron chi connectivity index (χ0n) is 17.5. The number of hydrogen-bond donors (Lipinski definition) is 1. The number of thiazole rings is 1. The van der Waals surface area contributed by atoms with Gasteiger partial charge < -0.3 is 4.98 Å². The molecule has 5 aromatic rings. The van der Waals surface area contributed by atoms with Crippen LogP contribution in [0.25, 0.3) is 22.2 Å². The number of nitrogens with one attached hydrogen (secondary N) is 1. The second-order valence-corrected chi connectivity index (χ2v) is 8.19. The van der Waals surface area contributed by atoms with E-state index >= 15 is 0 Å². The van der Waals surface area contributed by atoms with Crippen LogP contribution in [0.1, 0.15) is 11.1 Å². The van der Waals surface area contributed by atoms with Gasteiger partial charge in [0.05, 0.1) is 23.4 Å². The van der Waals surface area contributed by atoms with Crippen molar-refractivity contribution in [3.8, 4) is 11.3 Å². The van der Waals surface area contributed by atoms with E-state index in [4.69, 9.17) is 10.1 Å². The zero-order valence-corrected chi connectivity index (χ0v) is 18.3. The van der Waals surface area contributed by atoms with Crippen molar-refractivity contribution < 1.29 is 4.92 Å². The van der Waals surface area contributed by atoms with E-state index in [0.29, 0.717) is 6.54 Å². The van der Waals surface area contributed by atoms with Gasteiger partial charge in [-0.2, -0.15) is 5.10 Å². The van der Waals surface area contributed by atoms with Crippen LogP contribution < -0.4 is 4.80 Å². The molecule has 2 aromatic heterocycles. The van der Waals surface area contributed by atoms with Crippen LogP contribution in [0, 0.1) is 10.1 Å². The fourth-order valence-corrected chi connectivity index (χ4v) is 4.37. The fraction of sp³-hybridized carbons (Fsp3) is 0.0400. The first kappa shape index (κ1) is 20.6. The molecule has 3 aromatic carbocycles. The first-order chi connectivity index (χ1) is 16.2. The second-order valence-electron chi connectivity index (χ2n) is 7.36. The molecule has 2 heterocycles. The van der Waals surface area contributed by atoms with Crippen LogP contribution >= 0.6 is 11.3 Å². The molecule has 33 heavy (non-hydrogen) atoms. The molecule has 0 atom stereocenters. The number of aromatic amines is 1. The maximum absolute atomic E-state index is 11.0. The number of nitro benzene ring substituents is 1. The molecule has 1 N–H and O–H groups in total. The number of fused-ring (bicyclic) bond motifs is 1. The molecule has 7 nitrogen and oxygen atoms in total. The lowest BCUT2D eigenvalue weighted by atomic mass is 10.1. The Kier molecular flexibility index (Phi) is 5.65. The van der Waals surface area contributed by atoms with Gasteiger partial charge in [0, 0.05) is 45.7 Å². The molecule has 0 radical (unpaired) electrons. The largest absolute Gasteiger partial charge is 0.361 e. The first-order valence-corrected chi connectivity index (χ1v) is 11.2. The fourth-order valence-electron chi connectivity index (χ4n) is 3.53. The van der Waals surface area contributed by atoms with E-state index in [1.54, 1.807) is 16.8 Å². The Morgan fingerprint density at radius 3 is 2.55 bits per heavy atom. The SMILES string of the molecule is O=[N+]([O-])c1ccc(-c2csc(=NCc3ccccc3)n2N=Cc2c[nH]c3ccccc23)cc1. The Bertz CT molecular complexity index is 1510. The van der Waals surface area contributed by atoms with Gasteiger partial charge in [0.2, 0.25) is 4.80 Å². The quantitative estimate of drug-likeness (QED) is 0.206. The molecule has 0 spiro atoms. The monoisotopic (exact) mass is 453 g/mol. The topological polar surface area (TPSA) is 88.6 Å². The highest BCUT2D eigenvalue weighted by Crippen LogP contribution is 2.23. The van der Waals surface area contributed by atoms with E-state index in [1.165, 1.54) is 23.5 Å². The van der Waals surface area contributed by atoms with Gasteiger partial charge in [-0.25, -0.2) is 4.68 Å². The molecule has 0 bridgehead atoms. The molecule has 0 aliphatic heterocycles. The van der Waals surface area contributed by atoms with Crippen LogP contribution in [0.15, 0.2) is 101 Å². The number of H-pyrrole nitrogens is 1. The van der Waals surface area contributed by atoms with Crippen molar-refractivity contribution in [3.05, 3.63) is 116 Å². The van der Waals surface area contributed by atoms with Crippen LogP contribution in [0.4, 0.5) is 5.69 Å². The van der Waals surface area contributed by atoms with Crippen molar-refractivity contribution >= 4 is 34.1 Å². The van der Waals surface area contributed by atoms with E-state index in [-0.39, 0.29) is 5.69 Å². The Hall–Kier alpha value is -4.30. The van der Waals surface area contributed by atoms with E-state index in [1.807, 2.05) is 72.4 Å². The van der Waals surface area contributed by atoms with Crippen LogP contribution in [0.2, 0.25) is 0 Å². The highest BCUT2D eigenvalue weighted by Gasteiger charge is 2.11. The number of nitrogens with zero attached hydrogens (tertiary/aromatic N) is 4. The predicted molar refractivity (Wildman–Crippen MR) is 131 cm³/mol. The third-order valence-corrected chi connectivity index (χ3v) is 6.09. The van der Waals surface area contributed by atoms with Crippen LogP contribution in [-0.4, -0.2) is 20.8 Å². The molecular formula is C25H19N5O2S. The summed E-state index contributed by atoms with van der Waals surface area (Å²) in [7, 11) is 0. The minimum atomic E-state index is -0.402. The summed E-state index contributed by atoms with van der Waals surface area (Å²) in [4.78, 5) is 19.4. The summed E-state index contributed by atoms with van der Waals surface area (Å²) in [5.41, 5.74) is 4.81. The van der Waals surface area contributed by atoms with Gasteiger partial charge in [-0.3, -0.25) is 15.1 Å².